The molecule has 1 aliphatic rings. The zero-order valence-corrected chi connectivity index (χ0v) is 8.83. The Labute approximate surface area is 88.1 Å². The first-order chi connectivity index (χ1) is 7.00. The molecule has 2 rings (SSSR count). The fourth-order valence-corrected chi connectivity index (χ4v) is 2.76. The lowest BCUT2D eigenvalue weighted by atomic mass is 9.90. The third-order valence-electron chi connectivity index (χ3n) is 2.65. The van der Waals surface area contributed by atoms with Crippen molar-refractivity contribution in [2.24, 2.45) is 5.14 Å². The Morgan fingerprint density at radius 1 is 1.27 bits per heavy atom. The highest BCUT2D eigenvalue weighted by atomic mass is 32.2. The maximum Gasteiger partial charge on any atom is 0.219 e. The standard InChI is InChI=1S/C10H11NO3S/c11-15(13,14)9-6-5-7-3-1-2-4-8(7)10(9)12/h1-4,9H,5-6H2,(H2,11,13,14). The summed E-state index contributed by atoms with van der Waals surface area (Å²) in [6.45, 7) is 0. The number of nitrogens with two attached hydrogens (primary N) is 1. The minimum absolute atomic E-state index is 0.286. The summed E-state index contributed by atoms with van der Waals surface area (Å²) in [5, 5.41) is 3.95. The van der Waals surface area contributed by atoms with Gasteiger partial charge in [0.2, 0.25) is 10.0 Å². The van der Waals surface area contributed by atoms with E-state index in [4.69, 9.17) is 5.14 Å². The van der Waals surface area contributed by atoms with E-state index in [1.54, 1.807) is 12.1 Å². The van der Waals surface area contributed by atoms with E-state index in [1.165, 1.54) is 0 Å². The minimum atomic E-state index is -3.77. The lowest BCUT2D eigenvalue weighted by Crippen LogP contribution is -2.38. The van der Waals surface area contributed by atoms with Gasteiger partial charge in [0.05, 0.1) is 0 Å². The van der Waals surface area contributed by atoms with Crippen LogP contribution in [0.15, 0.2) is 24.3 Å². The van der Waals surface area contributed by atoms with Crippen LogP contribution in [0.4, 0.5) is 0 Å². The molecule has 15 heavy (non-hydrogen) atoms. The van der Waals surface area contributed by atoms with Crippen LogP contribution >= 0.6 is 0 Å². The lowest BCUT2D eigenvalue weighted by molar-refractivity contribution is 0.0976. The van der Waals surface area contributed by atoms with Crippen molar-refractivity contribution in [3.05, 3.63) is 35.4 Å². The summed E-state index contributed by atoms with van der Waals surface area (Å²) in [7, 11) is -3.77. The molecule has 0 heterocycles. The van der Waals surface area contributed by atoms with Crippen LogP contribution in [0.3, 0.4) is 0 Å². The number of Topliss-reactive ketones (excluding diaryl/α,β-unsaturated/α-hetero) is 1. The Bertz CT molecular complexity index is 507. The summed E-state index contributed by atoms with van der Waals surface area (Å²) in [6, 6.07) is 7.05. The molecule has 0 bridgehead atoms. The lowest BCUT2D eigenvalue weighted by Gasteiger charge is -2.21. The largest absolute Gasteiger partial charge is 0.293 e. The fourth-order valence-electron chi connectivity index (χ4n) is 1.88. The predicted molar refractivity (Wildman–Crippen MR) is 56.0 cm³/mol. The zero-order valence-electron chi connectivity index (χ0n) is 8.01. The van der Waals surface area contributed by atoms with Gasteiger partial charge >= 0.3 is 0 Å². The van der Waals surface area contributed by atoms with Crippen molar-refractivity contribution in [1.29, 1.82) is 0 Å². The SMILES string of the molecule is NS(=O)(=O)C1CCc2ccccc2C1=O. The molecular weight excluding hydrogens is 214 g/mol. The third kappa shape index (κ3) is 1.80. The summed E-state index contributed by atoms with van der Waals surface area (Å²) in [5.41, 5.74) is 1.39. The Morgan fingerprint density at radius 2 is 1.93 bits per heavy atom. The molecule has 1 atom stereocenters. The first kappa shape index (κ1) is 10.3. The smallest absolute Gasteiger partial charge is 0.219 e. The number of rotatable bonds is 1. The molecule has 1 unspecified atom stereocenters. The van der Waals surface area contributed by atoms with E-state index in [-0.39, 0.29) is 12.2 Å². The van der Waals surface area contributed by atoms with E-state index in [0.717, 1.165) is 5.56 Å². The van der Waals surface area contributed by atoms with Gasteiger partial charge in [-0.1, -0.05) is 24.3 Å². The molecule has 0 aromatic heterocycles. The summed E-state index contributed by atoms with van der Waals surface area (Å²) in [5.74, 6) is -0.376. The van der Waals surface area contributed by atoms with Crippen molar-refractivity contribution in [2.45, 2.75) is 18.1 Å². The first-order valence-electron chi connectivity index (χ1n) is 4.64. The number of hydrogen-bond donors (Lipinski definition) is 1. The number of carbonyl (C=O) groups excluding carboxylic acids is 1. The normalized spacial score (nSPS) is 21.1. The first-order valence-corrected chi connectivity index (χ1v) is 6.25. The van der Waals surface area contributed by atoms with Gasteiger partial charge in [-0.05, 0) is 18.4 Å². The predicted octanol–water partition coefficient (Wildman–Crippen LogP) is 0.473. The van der Waals surface area contributed by atoms with Crippen LogP contribution in [0.1, 0.15) is 22.3 Å². The minimum Gasteiger partial charge on any atom is -0.293 e. The van der Waals surface area contributed by atoms with Crippen LogP contribution in [0, 0.1) is 0 Å². The molecule has 0 fully saturated rings. The number of primary sulfonamides is 1. The number of carbonyl (C=O) groups is 1. The number of hydrogen-bond acceptors (Lipinski definition) is 3. The second kappa shape index (κ2) is 3.43. The molecule has 1 aromatic rings. The Hall–Kier alpha value is -1.20. The summed E-state index contributed by atoms with van der Waals surface area (Å²) >= 11 is 0. The summed E-state index contributed by atoms with van der Waals surface area (Å²) in [6.07, 6.45) is 0.873. The van der Waals surface area contributed by atoms with Gasteiger partial charge < -0.3 is 0 Å². The average Bonchev–Trinajstić information content (AvgIpc) is 2.16. The second-order valence-electron chi connectivity index (χ2n) is 3.64. The van der Waals surface area contributed by atoms with Crippen LogP contribution in [-0.4, -0.2) is 19.5 Å². The quantitative estimate of drug-likeness (QED) is 0.754. The van der Waals surface area contributed by atoms with Gasteiger partial charge in [0.25, 0.3) is 0 Å². The summed E-state index contributed by atoms with van der Waals surface area (Å²) in [4.78, 5) is 11.8. The number of ketones is 1. The van der Waals surface area contributed by atoms with E-state index in [0.29, 0.717) is 12.0 Å². The van der Waals surface area contributed by atoms with Crippen LogP contribution in [0.25, 0.3) is 0 Å². The Balaban J connectivity index is 2.47. The number of fused-ring (bicyclic) bond motifs is 1. The van der Waals surface area contributed by atoms with Crippen molar-refractivity contribution >= 4 is 15.8 Å². The monoisotopic (exact) mass is 225 g/mol. The van der Waals surface area contributed by atoms with Gasteiger partial charge in [-0.3, -0.25) is 4.79 Å². The van der Waals surface area contributed by atoms with E-state index < -0.39 is 15.3 Å². The Kier molecular flexibility index (Phi) is 2.36. The molecule has 0 radical (unpaired) electrons. The molecule has 1 aliphatic carbocycles. The van der Waals surface area contributed by atoms with Crippen molar-refractivity contribution < 1.29 is 13.2 Å². The van der Waals surface area contributed by atoms with E-state index in [2.05, 4.69) is 0 Å². The van der Waals surface area contributed by atoms with Gasteiger partial charge in [-0.25, -0.2) is 13.6 Å². The average molecular weight is 225 g/mol. The molecule has 4 nitrogen and oxygen atoms in total. The topological polar surface area (TPSA) is 77.2 Å². The van der Waals surface area contributed by atoms with Crippen LogP contribution < -0.4 is 5.14 Å². The molecule has 2 N–H and O–H groups in total. The van der Waals surface area contributed by atoms with Crippen LogP contribution in [0.5, 0.6) is 0 Å². The number of sulfonamides is 1. The fraction of sp³-hybridized carbons (Fsp3) is 0.300. The number of aryl methyl sites for hydroxylation is 1. The van der Waals surface area contributed by atoms with Crippen LogP contribution in [-0.2, 0) is 16.4 Å². The highest BCUT2D eigenvalue weighted by Crippen LogP contribution is 2.24. The summed E-state index contributed by atoms with van der Waals surface area (Å²) < 4.78 is 22.3. The van der Waals surface area contributed by atoms with E-state index >= 15 is 0 Å². The molecule has 1 aromatic carbocycles. The van der Waals surface area contributed by atoms with Crippen molar-refractivity contribution in [3.8, 4) is 0 Å². The highest BCUT2D eigenvalue weighted by molar-refractivity contribution is 7.90. The Morgan fingerprint density at radius 3 is 2.60 bits per heavy atom. The van der Waals surface area contributed by atoms with Gasteiger partial charge in [0, 0.05) is 5.56 Å². The molecular formula is C10H11NO3S. The van der Waals surface area contributed by atoms with E-state index in [1.807, 2.05) is 12.1 Å². The molecule has 0 amide bonds. The van der Waals surface area contributed by atoms with Crippen molar-refractivity contribution in [3.63, 3.8) is 0 Å². The molecule has 0 saturated carbocycles. The molecule has 80 valence electrons. The van der Waals surface area contributed by atoms with Gasteiger partial charge in [0.15, 0.2) is 5.78 Å². The van der Waals surface area contributed by atoms with Crippen molar-refractivity contribution in [2.75, 3.05) is 0 Å². The van der Waals surface area contributed by atoms with Gasteiger partial charge in [0.1, 0.15) is 5.25 Å². The van der Waals surface area contributed by atoms with Gasteiger partial charge in [-0.15, -0.1) is 0 Å². The maximum absolute atomic E-state index is 11.8. The second-order valence-corrected chi connectivity index (χ2v) is 5.38. The van der Waals surface area contributed by atoms with E-state index in [9.17, 15) is 13.2 Å². The molecule has 0 aliphatic heterocycles. The molecule has 0 saturated heterocycles. The van der Waals surface area contributed by atoms with Crippen molar-refractivity contribution in [1.82, 2.24) is 0 Å². The zero-order chi connectivity index (χ0) is 11.1. The molecule has 0 spiro atoms. The maximum atomic E-state index is 11.8. The van der Waals surface area contributed by atoms with Gasteiger partial charge in [-0.2, -0.15) is 0 Å². The third-order valence-corrected chi connectivity index (χ3v) is 3.89. The van der Waals surface area contributed by atoms with Crippen LogP contribution in [0.2, 0.25) is 0 Å². The number of benzene rings is 1. The molecule has 5 heteroatoms. The highest BCUT2D eigenvalue weighted by Gasteiger charge is 2.34.